The largest absolute Gasteiger partial charge is 0.480 e. The maximum absolute atomic E-state index is 15.3. The van der Waals surface area contributed by atoms with E-state index in [0.29, 0.717) is 56.2 Å². The van der Waals surface area contributed by atoms with Gasteiger partial charge in [-0.25, -0.2) is 19.3 Å². The number of nitrogens with two attached hydrogens (primary N) is 1. The first-order valence-electron chi connectivity index (χ1n) is 12.0. The third kappa shape index (κ3) is 6.94. The van der Waals surface area contributed by atoms with Gasteiger partial charge in [-0.2, -0.15) is 0 Å². The molecule has 4 rings (SSSR count). The van der Waals surface area contributed by atoms with E-state index in [2.05, 4.69) is 30.5 Å². The van der Waals surface area contributed by atoms with Gasteiger partial charge in [0.15, 0.2) is 5.82 Å². The number of carboxylic acid groups (broad SMARTS) is 1. The van der Waals surface area contributed by atoms with E-state index >= 15 is 4.39 Å². The zero-order valence-corrected chi connectivity index (χ0v) is 20.0. The highest BCUT2D eigenvalue weighted by Gasteiger charge is 2.20. The number of aliphatic carboxylic acids is 1. The summed E-state index contributed by atoms with van der Waals surface area (Å²) in [5, 5.41) is 15.2. The summed E-state index contributed by atoms with van der Waals surface area (Å²) in [4.78, 5) is 28.1. The van der Waals surface area contributed by atoms with Crippen LogP contribution < -0.4 is 16.4 Å². The van der Waals surface area contributed by atoms with Crippen molar-refractivity contribution in [2.45, 2.75) is 13.0 Å². The number of carbonyl (C=O) groups is 1. The summed E-state index contributed by atoms with van der Waals surface area (Å²) in [6.07, 6.45) is 4.22. The van der Waals surface area contributed by atoms with Gasteiger partial charge in [0.1, 0.15) is 5.82 Å². The predicted molar refractivity (Wildman–Crippen MR) is 136 cm³/mol. The maximum Gasteiger partial charge on any atom is 0.317 e. The second-order valence-corrected chi connectivity index (χ2v) is 8.62. The van der Waals surface area contributed by atoms with Crippen LogP contribution in [0.3, 0.4) is 0 Å². The highest BCUT2D eigenvalue weighted by molar-refractivity contribution is 5.69. The highest BCUT2D eigenvalue weighted by atomic mass is 19.1. The molecule has 5 N–H and O–H groups in total. The van der Waals surface area contributed by atoms with Crippen LogP contribution in [0.25, 0.3) is 11.3 Å². The van der Waals surface area contributed by atoms with Crippen molar-refractivity contribution in [1.82, 2.24) is 24.8 Å². The van der Waals surface area contributed by atoms with Crippen LogP contribution in [0.5, 0.6) is 0 Å². The lowest BCUT2D eigenvalue weighted by Crippen LogP contribution is -2.47. The summed E-state index contributed by atoms with van der Waals surface area (Å²) in [5.74, 6) is -0.130. The molecule has 0 aliphatic carbocycles. The van der Waals surface area contributed by atoms with Crippen LogP contribution in [0.15, 0.2) is 48.8 Å². The van der Waals surface area contributed by atoms with Gasteiger partial charge in [-0.15, -0.1) is 0 Å². The van der Waals surface area contributed by atoms with E-state index in [1.165, 1.54) is 0 Å². The summed E-state index contributed by atoms with van der Waals surface area (Å²) in [6.45, 7) is 4.52. The number of piperazine rings is 1. The molecule has 10 nitrogen and oxygen atoms in total. The SMILES string of the molecule is NCCCNc1ccc(-c2ccnc(Nc3cccc(CN4CCN(CC(=O)O)CC4)c3F)n2)cn1. The molecule has 11 heteroatoms. The van der Waals surface area contributed by atoms with Crippen molar-refractivity contribution >= 4 is 23.4 Å². The minimum absolute atomic E-state index is 0.0343. The van der Waals surface area contributed by atoms with E-state index in [1.54, 1.807) is 36.7 Å². The topological polar surface area (TPSA) is 133 Å². The molecule has 1 saturated heterocycles. The smallest absolute Gasteiger partial charge is 0.317 e. The fourth-order valence-corrected chi connectivity index (χ4v) is 4.00. The molecular formula is C25H31FN8O2. The number of nitrogens with zero attached hydrogens (tertiary/aromatic N) is 5. The minimum atomic E-state index is -0.830. The number of nitrogens with one attached hydrogen (secondary N) is 2. The summed E-state index contributed by atoms with van der Waals surface area (Å²) in [6, 6.07) is 10.8. The van der Waals surface area contributed by atoms with Gasteiger partial charge in [0.05, 0.1) is 17.9 Å². The molecule has 1 fully saturated rings. The van der Waals surface area contributed by atoms with Crippen molar-refractivity contribution in [3.05, 3.63) is 60.2 Å². The maximum atomic E-state index is 15.3. The number of benzene rings is 1. The first-order valence-corrected chi connectivity index (χ1v) is 12.0. The van der Waals surface area contributed by atoms with E-state index in [1.807, 2.05) is 17.0 Å². The lowest BCUT2D eigenvalue weighted by atomic mass is 10.1. The van der Waals surface area contributed by atoms with Gasteiger partial charge in [-0.1, -0.05) is 12.1 Å². The molecule has 2 aromatic heterocycles. The third-order valence-corrected chi connectivity index (χ3v) is 5.94. The first kappa shape index (κ1) is 25.4. The number of rotatable bonds is 11. The Morgan fingerprint density at radius 1 is 1.08 bits per heavy atom. The number of hydrogen-bond acceptors (Lipinski definition) is 9. The molecule has 190 valence electrons. The molecule has 1 aromatic carbocycles. The summed E-state index contributed by atoms with van der Waals surface area (Å²) < 4.78 is 15.3. The molecule has 0 radical (unpaired) electrons. The molecule has 0 saturated carbocycles. The summed E-state index contributed by atoms with van der Waals surface area (Å²) in [5.41, 5.74) is 7.86. The van der Waals surface area contributed by atoms with Crippen LogP contribution in [0, 0.1) is 5.82 Å². The Hall–Kier alpha value is -3.67. The lowest BCUT2D eigenvalue weighted by molar-refractivity contribution is -0.138. The highest BCUT2D eigenvalue weighted by Crippen LogP contribution is 2.24. The van der Waals surface area contributed by atoms with Gasteiger partial charge < -0.3 is 21.5 Å². The van der Waals surface area contributed by atoms with Gasteiger partial charge in [-0.3, -0.25) is 14.6 Å². The van der Waals surface area contributed by atoms with E-state index in [-0.39, 0.29) is 18.3 Å². The number of hydrogen-bond donors (Lipinski definition) is 4. The van der Waals surface area contributed by atoms with Crippen molar-refractivity contribution in [3.8, 4) is 11.3 Å². The molecule has 3 heterocycles. The number of aromatic nitrogens is 3. The van der Waals surface area contributed by atoms with Crippen LogP contribution in [0.4, 0.5) is 21.8 Å². The Balaban J connectivity index is 1.39. The second kappa shape index (κ2) is 12.3. The van der Waals surface area contributed by atoms with Crippen LogP contribution >= 0.6 is 0 Å². The Kier molecular flexibility index (Phi) is 8.71. The average molecular weight is 495 g/mol. The van der Waals surface area contributed by atoms with Crippen molar-refractivity contribution in [2.24, 2.45) is 5.73 Å². The Morgan fingerprint density at radius 2 is 1.89 bits per heavy atom. The zero-order chi connectivity index (χ0) is 25.3. The fourth-order valence-electron chi connectivity index (χ4n) is 4.00. The quantitative estimate of drug-likeness (QED) is 0.295. The molecule has 3 aromatic rings. The van der Waals surface area contributed by atoms with Crippen molar-refractivity contribution in [3.63, 3.8) is 0 Å². The van der Waals surface area contributed by atoms with Gasteiger partial charge in [0.25, 0.3) is 0 Å². The van der Waals surface area contributed by atoms with Gasteiger partial charge in [0.2, 0.25) is 5.95 Å². The number of pyridine rings is 1. The van der Waals surface area contributed by atoms with E-state index in [4.69, 9.17) is 10.8 Å². The number of carboxylic acids is 1. The Bertz CT molecular complexity index is 1150. The van der Waals surface area contributed by atoms with Crippen LogP contribution in [0.2, 0.25) is 0 Å². The normalized spacial score (nSPS) is 14.5. The summed E-state index contributed by atoms with van der Waals surface area (Å²) >= 11 is 0. The Morgan fingerprint density at radius 3 is 2.61 bits per heavy atom. The second-order valence-electron chi connectivity index (χ2n) is 8.62. The van der Waals surface area contributed by atoms with Gasteiger partial charge in [0, 0.05) is 62.8 Å². The van der Waals surface area contributed by atoms with Crippen molar-refractivity contribution < 1.29 is 14.3 Å². The van der Waals surface area contributed by atoms with Crippen LogP contribution in [0.1, 0.15) is 12.0 Å². The molecule has 0 unspecified atom stereocenters. The minimum Gasteiger partial charge on any atom is -0.480 e. The number of anilines is 3. The monoisotopic (exact) mass is 494 g/mol. The molecule has 1 aliphatic rings. The van der Waals surface area contributed by atoms with Crippen molar-refractivity contribution in [1.29, 1.82) is 0 Å². The zero-order valence-electron chi connectivity index (χ0n) is 20.0. The average Bonchev–Trinajstić information content (AvgIpc) is 2.88. The molecule has 36 heavy (non-hydrogen) atoms. The molecule has 0 amide bonds. The third-order valence-electron chi connectivity index (χ3n) is 5.94. The Labute approximate surface area is 209 Å². The molecule has 1 aliphatic heterocycles. The first-order chi connectivity index (χ1) is 17.5. The van der Waals surface area contributed by atoms with Gasteiger partial charge >= 0.3 is 5.97 Å². The fraction of sp³-hybridized carbons (Fsp3) is 0.360. The molecular weight excluding hydrogens is 463 g/mol. The molecule has 0 atom stereocenters. The van der Waals surface area contributed by atoms with Crippen LogP contribution in [-0.4, -0.2) is 81.6 Å². The standard InChI is InChI=1S/C25H31FN8O2/c26-24-19(16-33-11-13-34(14-12-33)17-23(35)36)3-1-4-21(24)32-25-29-10-7-20(31-25)18-5-6-22(30-15-18)28-9-2-8-27/h1,3-7,10,15H,2,8-9,11-14,16-17,27H2,(H,28,30)(H,35,36)(H,29,31,32). The lowest BCUT2D eigenvalue weighted by Gasteiger charge is -2.33. The van der Waals surface area contributed by atoms with Crippen LogP contribution in [-0.2, 0) is 11.3 Å². The molecule has 0 spiro atoms. The van der Waals surface area contributed by atoms with E-state index < -0.39 is 5.97 Å². The van der Waals surface area contributed by atoms with E-state index in [0.717, 1.165) is 24.3 Å². The number of halogens is 1. The van der Waals surface area contributed by atoms with Gasteiger partial charge in [-0.05, 0) is 37.2 Å². The molecule has 0 bridgehead atoms. The van der Waals surface area contributed by atoms with E-state index in [9.17, 15) is 4.79 Å². The van der Waals surface area contributed by atoms with Crippen molar-refractivity contribution in [2.75, 3.05) is 56.4 Å². The summed E-state index contributed by atoms with van der Waals surface area (Å²) in [7, 11) is 0. The predicted octanol–water partition coefficient (Wildman–Crippen LogP) is 2.38.